The maximum Gasteiger partial charge on any atom is 0.242 e. The Morgan fingerprint density at radius 3 is 2.57 bits per heavy atom. The highest BCUT2D eigenvalue weighted by Gasteiger charge is 2.10. The van der Waals surface area contributed by atoms with E-state index in [4.69, 9.17) is 6.42 Å². The van der Waals surface area contributed by atoms with Crippen molar-refractivity contribution in [2.75, 3.05) is 19.6 Å². The lowest BCUT2D eigenvalue weighted by Gasteiger charge is -2.19. The Hall–Kier alpha value is -1.50. The zero-order chi connectivity index (χ0) is 11.0. The molecule has 0 saturated carbocycles. The van der Waals surface area contributed by atoms with Crippen molar-refractivity contribution in [3.8, 4) is 12.3 Å². The second-order valence-corrected chi connectivity index (χ2v) is 2.93. The van der Waals surface area contributed by atoms with E-state index in [1.807, 2.05) is 6.92 Å². The van der Waals surface area contributed by atoms with Crippen molar-refractivity contribution in [2.45, 2.75) is 20.3 Å². The van der Waals surface area contributed by atoms with Gasteiger partial charge in [0, 0.05) is 13.5 Å². The van der Waals surface area contributed by atoms with Crippen LogP contribution in [0.3, 0.4) is 0 Å². The molecule has 0 aromatic rings. The maximum atomic E-state index is 11.4. The van der Waals surface area contributed by atoms with E-state index in [0.717, 1.165) is 6.42 Å². The van der Waals surface area contributed by atoms with E-state index in [0.29, 0.717) is 13.1 Å². The second kappa shape index (κ2) is 6.96. The van der Waals surface area contributed by atoms with Gasteiger partial charge in [0.25, 0.3) is 0 Å². The van der Waals surface area contributed by atoms with Gasteiger partial charge in [-0.1, -0.05) is 12.8 Å². The molecule has 0 unspecified atom stereocenters. The van der Waals surface area contributed by atoms with Crippen LogP contribution in [0.5, 0.6) is 0 Å². The maximum absolute atomic E-state index is 11.4. The predicted molar refractivity (Wildman–Crippen MR) is 54.4 cm³/mol. The van der Waals surface area contributed by atoms with Crippen LogP contribution in [0.4, 0.5) is 0 Å². The van der Waals surface area contributed by atoms with E-state index in [9.17, 15) is 9.59 Å². The summed E-state index contributed by atoms with van der Waals surface area (Å²) in [4.78, 5) is 23.6. The summed E-state index contributed by atoms with van der Waals surface area (Å²) in [5, 5.41) is 2.44. The number of hydrogen-bond donors (Lipinski definition) is 1. The summed E-state index contributed by atoms with van der Waals surface area (Å²) in [5.41, 5.74) is 0. The topological polar surface area (TPSA) is 49.4 Å². The van der Waals surface area contributed by atoms with Crippen LogP contribution < -0.4 is 5.32 Å². The van der Waals surface area contributed by atoms with Crippen molar-refractivity contribution in [1.82, 2.24) is 10.2 Å². The largest absolute Gasteiger partial charge is 0.347 e. The van der Waals surface area contributed by atoms with Gasteiger partial charge in [-0.2, -0.15) is 0 Å². The summed E-state index contributed by atoms with van der Waals surface area (Å²) in [6, 6.07) is 0. The molecule has 0 aliphatic heterocycles. The smallest absolute Gasteiger partial charge is 0.242 e. The van der Waals surface area contributed by atoms with Crippen LogP contribution in [0.25, 0.3) is 0 Å². The number of amides is 2. The Bertz CT molecular complexity index is 243. The average Bonchev–Trinajstić information content (AvgIpc) is 2.14. The highest BCUT2D eigenvalue weighted by molar-refractivity contribution is 5.83. The Morgan fingerprint density at radius 1 is 1.50 bits per heavy atom. The fraction of sp³-hybridized carbons (Fsp3) is 0.600. The molecule has 1 N–H and O–H groups in total. The third-order valence-electron chi connectivity index (χ3n) is 1.62. The molecule has 0 aromatic heterocycles. The number of nitrogens with one attached hydrogen (secondary N) is 1. The van der Waals surface area contributed by atoms with E-state index < -0.39 is 0 Å². The van der Waals surface area contributed by atoms with E-state index in [-0.39, 0.29) is 18.4 Å². The van der Waals surface area contributed by atoms with Gasteiger partial charge in [0.05, 0.1) is 13.1 Å². The SMILES string of the molecule is C#CCN(CCC)C(=O)CNC(C)=O. The van der Waals surface area contributed by atoms with Gasteiger partial charge in [0.15, 0.2) is 0 Å². The summed E-state index contributed by atoms with van der Waals surface area (Å²) in [5.74, 6) is 2.06. The van der Waals surface area contributed by atoms with Gasteiger partial charge in [-0.25, -0.2) is 0 Å². The minimum absolute atomic E-state index is 0.0248. The molecule has 0 heterocycles. The van der Waals surface area contributed by atoms with Crippen molar-refractivity contribution in [1.29, 1.82) is 0 Å². The minimum atomic E-state index is -0.212. The van der Waals surface area contributed by atoms with E-state index >= 15 is 0 Å². The Labute approximate surface area is 84.7 Å². The summed E-state index contributed by atoms with van der Waals surface area (Å²) in [6.45, 7) is 4.29. The fourth-order valence-electron chi connectivity index (χ4n) is 0.984. The van der Waals surface area contributed by atoms with Crippen LogP contribution in [0, 0.1) is 12.3 Å². The van der Waals surface area contributed by atoms with E-state index in [2.05, 4.69) is 11.2 Å². The lowest BCUT2D eigenvalue weighted by atomic mass is 10.3. The standard InChI is InChI=1S/C10H16N2O2/c1-4-6-12(7-5-2)10(14)8-11-9(3)13/h1H,5-8H2,2-3H3,(H,11,13). The van der Waals surface area contributed by atoms with Crippen molar-refractivity contribution in [2.24, 2.45) is 0 Å². The molecule has 0 aliphatic carbocycles. The summed E-state index contributed by atoms with van der Waals surface area (Å²) in [6.07, 6.45) is 5.98. The first-order valence-electron chi connectivity index (χ1n) is 4.57. The highest BCUT2D eigenvalue weighted by atomic mass is 16.2. The van der Waals surface area contributed by atoms with Gasteiger partial charge < -0.3 is 10.2 Å². The number of terminal acetylenes is 1. The molecule has 0 aromatic carbocycles. The lowest BCUT2D eigenvalue weighted by molar-refractivity contribution is -0.132. The molecule has 0 radical (unpaired) electrons. The van der Waals surface area contributed by atoms with Gasteiger partial charge in [0.2, 0.25) is 11.8 Å². The number of hydrogen-bond acceptors (Lipinski definition) is 2. The fourth-order valence-corrected chi connectivity index (χ4v) is 0.984. The summed E-state index contributed by atoms with van der Waals surface area (Å²) >= 11 is 0. The Morgan fingerprint density at radius 2 is 2.14 bits per heavy atom. The second-order valence-electron chi connectivity index (χ2n) is 2.93. The normalized spacial score (nSPS) is 8.93. The lowest BCUT2D eigenvalue weighted by Crippen LogP contribution is -2.40. The van der Waals surface area contributed by atoms with E-state index in [1.165, 1.54) is 6.92 Å². The first-order valence-corrected chi connectivity index (χ1v) is 4.57. The first-order chi connectivity index (χ1) is 6.61. The molecule has 0 atom stereocenters. The summed E-state index contributed by atoms with van der Waals surface area (Å²) in [7, 11) is 0. The molecular weight excluding hydrogens is 180 g/mol. The van der Waals surface area contributed by atoms with Gasteiger partial charge in [-0.15, -0.1) is 6.42 Å². The molecule has 14 heavy (non-hydrogen) atoms. The van der Waals surface area contributed by atoms with E-state index in [1.54, 1.807) is 4.90 Å². The Balaban J connectivity index is 4.02. The van der Waals surface area contributed by atoms with Crippen LogP contribution in [0.15, 0.2) is 0 Å². The number of carbonyl (C=O) groups is 2. The molecule has 0 saturated heterocycles. The van der Waals surface area contributed by atoms with Gasteiger partial charge in [0.1, 0.15) is 0 Å². The number of nitrogens with zero attached hydrogens (tertiary/aromatic N) is 1. The molecule has 0 spiro atoms. The third kappa shape index (κ3) is 5.20. The molecule has 4 heteroatoms. The molecule has 0 aliphatic rings. The minimum Gasteiger partial charge on any atom is -0.347 e. The van der Waals surface area contributed by atoms with Gasteiger partial charge in [-0.05, 0) is 6.42 Å². The molecular formula is C10H16N2O2. The summed E-state index contributed by atoms with van der Waals surface area (Å²) < 4.78 is 0. The zero-order valence-electron chi connectivity index (χ0n) is 8.67. The predicted octanol–water partition coefficient (Wildman–Crippen LogP) is -0.00570. The van der Waals surface area contributed by atoms with Crippen LogP contribution in [-0.2, 0) is 9.59 Å². The average molecular weight is 196 g/mol. The zero-order valence-corrected chi connectivity index (χ0v) is 8.67. The molecule has 4 nitrogen and oxygen atoms in total. The molecule has 2 amide bonds. The van der Waals surface area contributed by atoms with Crippen molar-refractivity contribution >= 4 is 11.8 Å². The number of carbonyl (C=O) groups excluding carboxylic acids is 2. The molecule has 78 valence electrons. The highest BCUT2D eigenvalue weighted by Crippen LogP contribution is 1.91. The Kier molecular flexibility index (Phi) is 6.21. The van der Waals surface area contributed by atoms with Gasteiger partial charge >= 0.3 is 0 Å². The third-order valence-corrected chi connectivity index (χ3v) is 1.62. The van der Waals surface area contributed by atoms with Crippen molar-refractivity contribution < 1.29 is 9.59 Å². The van der Waals surface area contributed by atoms with Crippen LogP contribution in [0.1, 0.15) is 20.3 Å². The van der Waals surface area contributed by atoms with Gasteiger partial charge in [-0.3, -0.25) is 9.59 Å². The van der Waals surface area contributed by atoms with Crippen molar-refractivity contribution in [3.63, 3.8) is 0 Å². The number of rotatable bonds is 5. The molecule has 0 fully saturated rings. The molecule has 0 rings (SSSR count). The molecule has 0 bridgehead atoms. The van der Waals surface area contributed by atoms with Crippen LogP contribution in [0.2, 0.25) is 0 Å². The van der Waals surface area contributed by atoms with Crippen molar-refractivity contribution in [3.05, 3.63) is 0 Å². The monoisotopic (exact) mass is 196 g/mol. The first kappa shape index (κ1) is 12.5. The van der Waals surface area contributed by atoms with Crippen LogP contribution >= 0.6 is 0 Å². The van der Waals surface area contributed by atoms with Crippen LogP contribution in [-0.4, -0.2) is 36.3 Å². The quantitative estimate of drug-likeness (QED) is 0.629.